The Bertz CT molecular complexity index is 511. The van der Waals surface area contributed by atoms with Crippen LogP contribution < -0.4 is 0 Å². The van der Waals surface area contributed by atoms with Crippen LogP contribution in [0.4, 0.5) is 0 Å². The molecule has 1 aliphatic heterocycles. The zero-order valence-corrected chi connectivity index (χ0v) is 11.0. The summed E-state index contributed by atoms with van der Waals surface area (Å²) in [4.78, 5) is 16.0. The Morgan fingerprint density at radius 2 is 2.17 bits per heavy atom. The SMILES string of the molecule is C.CC(=O)[C@@]1(C)CSC(c2ccc(C)cc2O)=N1. The van der Waals surface area contributed by atoms with Crippen LogP contribution in [-0.4, -0.2) is 27.2 Å². The Labute approximate surface area is 112 Å². The summed E-state index contributed by atoms with van der Waals surface area (Å²) < 4.78 is 0. The van der Waals surface area contributed by atoms with Crippen molar-refractivity contribution in [2.24, 2.45) is 4.99 Å². The van der Waals surface area contributed by atoms with Gasteiger partial charge in [-0.25, -0.2) is 0 Å². The second-order valence-corrected chi connectivity index (χ2v) is 5.52. The second-order valence-electron chi connectivity index (χ2n) is 4.56. The number of Topliss-reactive ketones (excluding diaryl/α,β-unsaturated/α-hetero) is 1. The molecule has 0 aromatic heterocycles. The van der Waals surface area contributed by atoms with E-state index in [2.05, 4.69) is 4.99 Å². The van der Waals surface area contributed by atoms with Gasteiger partial charge in [0.1, 0.15) is 16.3 Å². The van der Waals surface area contributed by atoms with E-state index in [0.717, 1.165) is 10.6 Å². The fourth-order valence-electron chi connectivity index (χ4n) is 1.64. The molecule has 1 aromatic carbocycles. The van der Waals surface area contributed by atoms with Gasteiger partial charge in [-0.15, -0.1) is 11.8 Å². The molecule has 0 fully saturated rings. The average molecular weight is 265 g/mol. The number of ketones is 1. The van der Waals surface area contributed by atoms with Gasteiger partial charge in [0.2, 0.25) is 0 Å². The summed E-state index contributed by atoms with van der Waals surface area (Å²) >= 11 is 1.52. The molecule has 1 atom stereocenters. The fraction of sp³-hybridized carbons (Fsp3) is 0.429. The summed E-state index contributed by atoms with van der Waals surface area (Å²) in [5.74, 6) is 0.931. The van der Waals surface area contributed by atoms with Crippen molar-refractivity contribution in [1.82, 2.24) is 0 Å². The maximum atomic E-state index is 11.5. The third-order valence-corrected chi connectivity index (χ3v) is 4.27. The van der Waals surface area contributed by atoms with Gasteiger partial charge in [-0.3, -0.25) is 9.79 Å². The number of carbonyl (C=O) groups excluding carboxylic acids is 1. The third-order valence-electron chi connectivity index (χ3n) is 2.98. The highest BCUT2D eigenvalue weighted by Gasteiger charge is 2.36. The van der Waals surface area contributed by atoms with Crippen LogP contribution in [0.5, 0.6) is 5.75 Å². The standard InChI is InChI=1S/C13H15NO2S.CH4/c1-8-4-5-10(11(16)6-8)12-14-13(3,7-17-12)9(2)15;/h4-6,16H,7H2,1-3H3;1H4/t13-;/m1./s1. The van der Waals surface area contributed by atoms with E-state index < -0.39 is 5.54 Å². The van der Waals surface area contributed by atoms with Crippen LogP contribution in [0.2, 0.25) is 0 Å². The van der Waals surface area contributed by atoms with Gasteiger partial charge in [0.15, 0.2) is 5.78 Å². The molecule has 0 bridgehead atoms. The van der Waals surface area contributed by atoms with Crippen molar-refractivity contribution in [2.45, 2.75) is 33.7 Å². The molecule has 98 valence electrons. The molecular weight excluding hydrogens is 246 g/mol. The van der Waals surface area contributed by atoms with Crippen molar-refractivity contribution < 1.29 is 9.90 Å². The lowest BCUT2D eigenvalue weighted by Gasteiger charge is -2.14. The van der Waals surface area contributed by atoms with Crippen molar-refractivity contribution in [1.29, 1.82) is 0 Å². The molecule has 0 spiro atoms. The molecule has 3 nitrogen and oxygen atoms in total. The smallest absolute Gasteiger partial charge is 0.157 e. The van der Waals surface area contributed by atoms with E-state index in [1.807, 2.05) is 26.0 Å². The molecule has 4 heteroatoms. The quantitative estimate of drug-likeness (QED) is 0.893. The normalized spacial score (nSPS) is 22.3. The van der Waals surface area contributed by atoms with Gasteiger partial charge in [0, 0.05) is 11.3 Å². The van der Waals surface area contributed by atoms with Crippen LogP contribution in [0.1, 0.15) is 32.4 Å². The summed E-state index contributed by atoms with van der Waals surface area (Å²) in [7, 11) is 0. The number of phenols is 1. The molecular formula is C14H19NO2S. The van der Waals surface area contributed by atoms with Crippen LogP contribution in [0.3, 0.4) is 0 Å². The van der Waals surface area contributed by atoms with Gasteiger partial charge in [-0.2, -0.15) is 0 Å². The number of thioether (sulfide) groups is 1. The van der Waals surface area contributed by atoms with Crippen molar-refractivity contribution >= 4 is 22.6 Å². The van der Waals surface area contributed by atoms with E-state index in [4.69, 9.17) is 0 Å². The van der Waals surface area contributed by atoms with Gasteiger partial charge in [0.05, 0.1) is 0 Å². The van der Waals surface area contributed by atoms with E-state index >= 15 is 0 Å². The topological polar surface area (TPSA) is 49.7 Å². The van der Waals surface area contributed by atoms with Gasteiger partial charge < -0.3 is 5.11 Å². The number of nitrogens with zero attached hydrogens (tertiary/aromatic N) is 1. The fourth-order valence-corrected chi connectivity index (χ4v) is 2.92. The predicted octanol–water partition coefficient (Wildman–Crippen LogP) is 3.18. The molecule has 0 saturated heterocycles. The maximum absolute atomic E-state index is 11.5. The summed E-state index contributed by atoms with van der Waals surface area (Å²) in [6, 6.07) is 5.49. The monoisotopic (exact) mass is 265 g/mol. The van der Waals surface area contributed by atoms with Crippen molar-refractivity contribution in [3.8, 4) is 5.75 Å². The van der Waals surface area contributed by atoms with E-state index in [-0.39, 0.29) is 19.0 Å². The lowest BCUT2D eigenvalue weighted by Crippen LogP contribution is -2.31. The Balaban J connectivity index is 0.00000162. The molecule has 0 radical (unpaired) electrons. The molecule has 18 heavy (non-hydrogen) atoms. The van der Waals surface area contributed by atoms with Crippen LogP contribution in [0.15, 0.2) is 23.2 Å². The van der Waals surface area contributed by atoms with Crippen LogP contribution in [0.25, 0.3) is 0 Å². The molecule has 0 saturated carbocycles. The highest BCUT2D eigenvalue weighted by Crippen LogP contribution is 2.34. The molecule has 0 aliphatic carbocycles. The molecule has 0 amide bonds. The van der Waals surface area contributed by atoms with Crippen molar-refractivity contribution in [3.05, 3.63) is 29.3 Å². The van der Waals surface area contributed by atoms with E-state index in [0.29, 0.717) is 11.3 Å². The Kier molecular flexibility index (Phi) is 4.22. The molecule has 1 aliphatic rings. The first-order valence-electron chi connectivity index (χ1n) is 5.46. The van der Waals surface area contributed by atoms with Gasteiger partial charge >= 0.3 is 0 Å². The van der Waals surface area contributed by atoms with E-state index in [1.54, 1.807) is 13.0 Å². The lowest BCUT2D eigenvalue weighted by atomic mass is 10.0. The number of hydrogen-bond donors (Lipinski definition) is 1. The second kappa shape index (κ2) is 5.14. The highest BCUT2D eigenvalue weighted by molar-refractivity contribution is 8.14. The molecule has 2 rings (SSSR count). The number of aliphatic imine (C=N–C) groups is 1. The number of carbonyl (C=O) groups is 1. The number of phenolic OH excluding ortho intramolecular Hbond substituents is 1. The third kappa shape index (κ3) is 2.58. The summed E-state index contributed by atoms with van der Waals surface area (Å²) in [6.45, 7) is 5.31. The zero-order valence-electron chi connectivity index (χ0n) is 10.2. The highest BCUT2D eigenvalue weighted by atomic mass is 32.2. The average Bonchev–Trinajstić information content (AvgIpc) is 2.62. The van der Waals surface area contributed by atoms with Crippen molar-refractivity contribution in [2.75, 3.05) is 5.75 Å². The Hall–Kier alpha value is -1.29. The van der Waals surface area contributed by atoms with Crippen LogP contribution >= 0.6 is 11.8 Å². The lowest BCUT2D eigenvalue weighted by molar-refractivity contribution is -0.120. The van der Waals surface area contributed by atoms with E-state index in [1.165, 1.54) is 11.8 Å². The predicted molar refractivity (Wildman–Crippen MR) is 77.7 cm³/mol. The molecule has 0 unspecified atom stereocenters. The van der Waals surface area contributed by atoms with Gasteiger partial charge in [-0.1, -0.05) is 13.5 Å². The Morgan fingerprint density at radius 1 is 1.50 bits per heavy atom. The summed E-state index contributed by atoms with van der Waals surface area (Å²) in [6.07, 6.45) is 0. The number of rotatable bonds is 2. The molecule has 1 N–H and O–H groups in total. The minimum Gasteiger partial charge on any atom is -0.507 e. The van der Waals surface area contributed by atoms with Crippen LogP contribution in [-0.2, 0) is 4.79 Å². The zero-order chi connectivity index (χ0) is 12.6. The minimum absolute atomic E-state index is 0. The summed E-state index contributed by atoms with van der Waals surface area (Å²) in [5.41, 5.74) is 1.08. The summed E-state index contributed by atoms with van der Waals surface area (Å²) in [5, 5.41) is 10.6. The molecule has 1 aromatic rings. The van der Waals surface area contributed by atoms with Crippen LogP contribution in [0, 0.1) is 6.92 Å². The first-order valence-corrected chi connectivity index (χ1v) is 6.44. The largest absolute Gasteiger partial charge is 0.507 e. The van der Waals surface area contributed by atoms with Gasteiger partial charge in [0.25, 0.3) is 0 Å². The number of hydrogen-bond acceptors (Lipinski definition) is 4. The number of aryl methyl sites for hydroxylation is 1. The first-order chi connectivity index (χ1) is 7.92. The number of benzene rings is 1. The Morgan fingerprint density at radius 3 is 2.67 bits per heavy atom. The van der Waals surface area contributed by atoms with E-state index in [9.17, 15) is 9.90 Å². The van der Waals surface area contributed by atoms with Gasteiger partial charge in [-0.05, 0) is 38.5 Å². The van der Waals surface area contributed by atoms with Crippen molar-refractivity contribution in [3.63, 3.8) is 0 Å². The number of aromatic hydroxyl groups is 1. The minimum atomic E-state index is -0.642. The molecule has 1 heterocycles. The maximum Gasteiger partial charge on any atom is 0.157 e. The first kappa shape index (κ1) is 14.8.